The first-order chi connectivity index (χ1) is 11.5. The number of aromatic nitrogens is 2. The molecule has 7 nitrogen and oxygen atoms in total. The van der Waals surface area contributed by atoms with Gasteiger partial charge in [-0.3, -0.25) is 4.79 Å². The van der Waals surface area contributed by atoms with Gasteiger partial charge in [-0.1, -0.05) is 11.6 Å². The Bertz CT molecular complexity index is 709. The van der Waals surface area contributed by atoms with E-state index >= 15 is 0 Å². The molecule has 1 aromatic heterocycles. The molecular formula is C16H20ClN5O2. The zero-order valence-corrected chi connectivity index (χ0v) is 14.6. The van der Waals surface area contributed by atoms with Crippen LogP contribution in [0.3, 0.4) is 0 Å². The molecule has 1 aromatic carbocycles. The van der Waals surface area contributed by atoms with Crippen LogP contribution < -0.4 is 15.4 Å². The number of ether oxygens (including phenoxy) is 1. The highest BCUT2D eigenvalue weighted by Gasteiger charge is 2.10. The van der Waals surface area contributed by atoms with E-state index in [1.54, 1.807) is 31.4 Å². The van der Waals surface area contributed by atoms with Gasteiger partial charge >= 0.3 is 0 Å². The van der Waals surface area contributed by atoms with Crippen LogP contribution in [0.25, 0.3) is 0 Å². The first-order valence-electron chi connectivity index (χ1n) is 7.35. The van der Waals surface area contributed by atoms with Gasteiger partial charge in [-0.05, 0) is 32.3 Å². The minimum Gasteiger partial charge on any atom is -0.495 e. The van der Waals surface area contributed by atoms with Gasteiger partial charge < -0.3 is 20.3 Å². The summed E-state index contributed by atoms with van der Waals surface area (Å²) in [5.41, 5.74) is 0.940. The second-order valence-electron chi connectivity index (χ2n) is 5.32. The molecule has 24 heavy (non-hydrogen) atoms. The van der Waals surface area contributed by atoms with Crippen LogP contribution in [-0.4, -0.2) is 55.1 Å². The van der Waals surface area contributed by atoms with E-state index in [-0.39, 0.29) is 11.6 Å². The fourth-order valence-electron chi connectivity index (χ4n) is 1.95. The fraction of sp³-hybridized carbons (Fsp3) is 0.312. The van der Waals surface area contributed by atoms with Crippen LogP contribution in [0, 0.1) is 0 Å². The van der Waals surface area contributed by atoms with E-state index < -0.39 is 0 Å². The molecule has 0 unspecified atom stereocenters. The van der Waals surface area contributed by atoms with Gasteiger partial charge in [-0.2, -0.15) is 0 Å². The summed E-state index contributed by atoms with van der Waals surface area (Å²) in [7, 11) is 5.45. The number of nitrogens with zero attached hydrogens (tertiary/aromatic N) is 3. The number of hydrogen-bond donors (Lipinski definition) is 2. The maximum Gasteiger partial charge on any atom is 0.270 e. The predicted octanol–water partition coefficient (Wildman–Crippen LogP) is 2.17. The monoisotopic (exact) mass is 349 g/mol. The summed E-state index contributed by atoms with van der Waals surface area (Å²) in [5, 5.41) is 6.46. The normalized spacial score (nSPS) is 10.5. The number of anilines is 2. The summed E-state index contributed by atoms with van der Waals surface area (Å²) in [5.74, 6) is 0.846. The highest BCUT2D eigenvalue weighted by atomic mass is 35.5. The molecule has 1 heterocycles. The number of methoxy groups -OCH3 is 1. The zero-order chi connectivity index (χ0) is 17.5. The Balaban J connectivity index is 2.10. The standard InChI is InChI=1S/C16H20ClN5O2/c1-22(2)7-6-18-16(23)13-9-15(20-10-19-13)21-12-8-11(17)4-5-14(12)24-3/h4-5,8-10H,6-7H2,1-3H3,(H,18,23)(H,19,20,21). The van der Waals surface area contributed by atoms with Crippen LogP contribution in [-0.2, 0) is 0 Å². The summed E-state index contributed by atoms with van der Waals surface area (Å²) in [6.07, 6.45) is 1.33. The number of halogens is 1. The maximum atomic E-state index is 12.1. The van der Waals surface area contributed by atoms with Crippen molar-refractivity contribution in [2.24, 2.45) is 0 Å². The topological polar surface area (TPSA) is 79.4 Å². The maximum absolute atomic E-state index is 12.1. The van der Waals surface area contributed by atoms with Gasteiger partial charge in [0.1, 0.15) is 23.6 Å². The van der Waals surface area contributed by atoms with Crippen molar-refractivity contribution in [3.05, 3.63) is 41.3 Å². The number of nitrogens with one attached hydrogen (secondary N) is 2. The molecule has 8 heteroatoms. The van der Waals surface area contributed by atoms with E-state index in [1.807, 2.05) is 19.0 Å². The molecule has 0 aliphatic carbocycles. The largest absolute Gasteiger partial charge is 0.495 e. The Hall–Kier alpha value is -2.38. The van der Waals surface area contributed by atoms with Crippen molar-refractivity contribution in [3.63, 3.8) is 0 Å². The van der Waals surface area contributed by atoms with Gasteiger partial charge in [-0.15, -0.1) is 0 Å². The molecule has 0 radical (unpaired) electrons. The summed E-state index contributed by atoms with van der Waals surface area (Å²) in [4.78, 5) is 22.2. The Kier molecular flexibility index (Phi) is 6.34. The number of carbonyl (C=O) groups is 1. The van der Waals surface area contributed by atoms with Crippen LogP contribution in [0.15, 0.2) is 30.6 Å². The molecule has 0 spiro atoms. The number of benzene rings is 1. The summed E-state index contributed by atoms with van der Waals surface area (Å²) in [6, 6.07) is 6.78. The van der Waals surface area contributed by atoms with Crippen LogP contribution in [0.4, 0.5) is 11.5 Å². The molecular weight excluding hydrogens is 330 g/mol. The quantitative estimate of drug-likeness (QED) is 0.797. The predicted molar refractivity (Wildman–Crippen MR) is 94.2 cm³/mol. The lowest BCUT2D eigenvalue weighted by Gasteiger charge is -2.12. The van der Waals surface area contributed by atoms with E-state index in [1.165, 1.54) is 6.33 Å². The lowest BCUT2D eigenvalue weighted by Crippen LogP contribution is -2.31. The molecule has 2 aromatic rings. The third kappa shape index (κ3) is 5.07. The summed E-state index contributed by atoms with van der Waals surface area (Å²) >= 11 is 6.01. The summed E-state index contributed by atoms with van der Waals surface area (Å²) < 4.78 is 5.28. The van der Waals surface area contributed by atoms with E-state index in [9.17, 15) is 4.79 Å². The Morgan fingerprint density at radius 2 is 2.08 bits per heavy atom. The Morgan fingerprint density at radius 1 is 1.29 bits per heavy atom. The van der Waals surface area contributed by atoms with Crippen molar-refractivity contribution in [2.45, 2.75) is 0 Å². The number of hydrogen-bond acceptors (Lipinski definition) is 6. The van der Waals surface area contributed by atoms with Crippen molar-refractivity contribution in [1.29, 1.82) is 0 Å². The molecule has 2 N–H and O–H groups in total. The number of amides is 1. The molecule has 2 rings (SSSR count). The van der Waals surface area contributed by atoms with Gasteiger partial charge in [-0.25, -0.2) is 9.97 Å². The first-order valence-corrected chi connectivity index (χ1v) is 7.73. The third-order valence-corrected chi connectivity index (χ3v) is 3.40. The van der Waals surface area contributed by atoms with Crippen LogP contribution in [0.1, 0.15) is 10.5 Å². The van der Waals surface area contributed by atoms with Crippen molar-refractivity contribution in [3.8, 4) is 5.75 Å². The van der Waals surface area contributed by atoms with Crippen LogP contribution in [0.2, 0.25) is 5.02 Å². The lowest BCUT2D eigenvalue weighted by molar-refractivity contribution is 0.0946. The molecule has 0 saturated carbocycles. The minimum absolute atomic E-state index is 0.250. The van der Waals surface area contributed by atoms with Crippen molar-refractivity contribution >= 4 is 29.0 Å². The average Bonchev–Trinajstić information content (AvgIpc) is 2.55. The molecule has 0 atom stereocenters. The Labute approximate surface area is 146 Å². The SMILES string of the molecule is COc1ccc(Cl)cc1Nc1cc(C(=O)NCCN(C)C)ncn1. The highest BCUT2D eigenvalue weighted by Crippen LogP contribution is 2.29. The van der Waals surface area contributed by atoms with Crippen molar-refractivity contribution < 1.29 is 9.53 Å². The number of rotatable bonds is 7. The number of carbonyl (C=O) groups excluding carboxylic acids is 1. The van der Waals surface area contributed by atoms with Gasteiger partial charge in [0, 0.05) is 24.2 Å². The molecule has 0 aliphatic rings. The van der Waals surface area contributed by atoms with E-state index in [0.29, 0.717) is 28.8 Å². The first kappa shape index (κ1) is 18.0. The summed E-state index contributed by atoms with van der Waals surface area (Å²) in [6.45, 7) is 1.29. The molecule has 0 fully saturated rings. The zero-order valence-electron chi connectivity index (χ0n) is 13.8. The fourth-order valence-corrected chi connectivity index (χ4v) is 2.12. The van der Waals surface area contributed by atoms with E-state index in [4.69, 9.17) is 16.3 Å². The van der Waals surface area contributed by atoms with E-state index in [0.717, 1.165) is 6.54 Å². The highest BCUT2D eigenvalue weighted by molar-refractivity contribution is 6.31. The molecule has 1 amide bonds. The van der Waals surface area contributed by atoms with Gasteiger partial charge in [0.25, 0.3) is 5.91 Å². The van der Waals surface area contributed by atoms with Crippen LogP contribution in [0.5, 0.6) is 5.75 Å². The smallest absolute Gasteiger partial charge is 0.270 e. The van der Waals surface area contributed by atoms with Crippen molar-refractivity contribution in [1.82, 2.24) is 20.2 Å². The van der Waals surface area contributed by atoms with Gasteiger partial charge in [0.15, 0.2) is 0 Å². The number of likely N-dealkylation sites (N-methyl/N-ethyl adjacent to an activating group) is 1. The average molecular weight is 350 g/mol. The van der Waals surface area contributed by atoms with E-state index in [2.05, 4.69) is 20.6 Å². The van der Waals surface area contributed by atoms with Gasteiger partial charge in [0.05, 0.1) is 12.8 Å². The third-order valence-electron chi connectivity index (χ3n) is 3.17. The molecule has 0 bridgehead atoms. The molecule has 0 aliphatic heterocycles. The molecule has 128 valence electrons. The van der Waals surface area contributed by atoms with Crippen LogP contribution >= 0.6 is 11.6 Å². The van der Waals surface area contributed by atoms with Crippen molar-refractivity contribution in [2.75, 3.05) is 39.6 Å². The lowest BCUT2D eigenvalue weighted by atomic mass is 10.3. The molecule has 0 saturated heterocycles. The Morgan fingerprint density at radius 3 is 2.79 bits per heavy atom. The second-order valence-corrected chi connectivity index (χ2v) is 5.75. The minimum atomic E-state index is -0.250. The van der Waals surface area contributed by atoms with Gasteiger partial charge in [0.2, 0.25) is 0 Å². The second kappa shape index (κ2) is 8.47.